The van der Waals surface area contributed by atoms with E-state index in [2.05, 4.69) is 17.2 Å². The van der Waals surface area contributed by atoms with Crippen LogP contribution in [0.3, 0.4) is 0 Å². The lowest BCUT2D eigenvalue weighted by Gasteiger charge is -2.25. The molecule has 0 spiro atoms. The second kappa shape index (κ2) is 35.3. The number of aliphatic carboxylic acids is 1. The quantitative estimate of drug-likeness (QED) is 0.0275. The zero-order valence-corrected chi connectivity index (χ0v) is 43.0. The summed E-state index contributed by atoms with van der Waals surface area (Å²) in [4.78, 5) is 79.8. The number of aliphatic hydroxyl groups excluding tert-OH is 1. The maximum atomic E-state index is 11.6. The maximum absolute atomic E-state index is 11.6. The minimum atomic E-state index is -1.02. The molecule has 0 aromatic carbocycles. The van der Waals surface area contributed by atoms with Crippen molar-refractivity contribution in [2.75, 3.05) is 54.3 Å². The second-order valence-corrected chi connectivity index (χ2v) is 18.1. The average Bonchev–Trinajstić information content (AvgIpc) is 3.23. The molecule has 0 aromatic heterocycles. The topological polar surface area (TPSA) is 224 Å². The van der Waals surface area contributed by atoms with Crippen molar-refractivity contribution < 1.29 is 62.7 Å². The van der Waals surface area contributed by atoms with Gasteiger partial charge in [0.05, 0.1) is 29.5 Å². The Morgan fingerprint density at radius 3 is 1.25 bits per heavy atom. The van der Waals surface area contributed by atoms with Crippen LogP contribution in [0.5, 0.6) is 0 Å². The molecule has 0 saturated heterocycles. The number of hydrogen-bond donors (Lipinski definition) is 4. The number of nitrogens with zero attached hydrogens (tertiary/aromatic N) is 1. The molecule has 63 heavy (non-hydrogen) atoms. The summed E-state index contributed by atoms with van der Waals surface area (Å²) < 4.78 is 19.4. The normalized spacial score (nSPS) is 12.4. The molecule has 3 atom stereocenters. The highest BCUT2D eigenvalue weighted by Crippen LogP contribution is 2.23. The van der Waals surface area contributed by atoms with E-state index in [4.69, 9.17) is 24.1 Å². The van der Waals surface area contributed by atoms with Crippen molar-refractivity contribution in [1.82, 2.24) is 15.5 Å². The Balaban J connectivity index is -0.000000229. The molecule has 0 aliphatic carbocycles. The Bertz CT molecular complexity index is 1340. The fourth-order valence-corrected chi connectivity index (χ4v) is 3.26. The molecule has 16 heteroatoms. The number of methoxy groups -OCH3 is 1. The molecule has 0 aliphatic rings. The summed E-state index contributed by atoms with van der Waals surface area (Å²) in [7, 11) is 5.16. The molecule has 3 unspecified atom stereocenters. The monoisotopic (exact) mass is 906 g/mol. The molecule has 0 bridgehead atoms. The van der Waals surface area contributed by atoms with E-state index in [-0.39, 0.29) is 77.8 Å². The lowest BCUT2D eigenvalue weighted by Crippen LogP contribution is -2.41. The van der Waals surface area contributed by atoms with Gasteiger partial charge in [-0.15, -0.1) is 0 Å². The van der Waals surface area contributed by atoms with E-state index in [1.807, 2.05) is 83.1 Å². The molecule has 0 heterocycles. The largest absolute Gasteiger partial charge is 0.481 e. The zero-order chi connectivity index (χ0) is 50.9. The summed E-state index contributed by atoms with van der Waals surface area (Å²) in [5.41, 5.74) is -1.42. The highest BCUT2D eigenvalue weighted by atomic mass is 16.6. The lowest BCUT2D eigenvalue weighted by molar-refractivity contribution is -0.159. The molecule has 16 nitrogen and oxygen atoms in total. The van der Waals surface area contributed by atoms with E-state index >= 15 is 0 Å². The molecule has 3 amide bonds. The Labute approximate surface area is 381 Å². The second-order valence-electron chi connectivity index (χ2n) is 18.1. The lowest BCUT2D eigenvalue weighted by atomic mass is 9.89. The van der Waals surface area contributed by atoms with Crippen LogP contribution < -0.4 is 10.6 Å². The molecule has 0 aliphatic heterocycles. The van der Waals surface area contributed by atoms with Gasteiger partial charge in [0.15, 0.2) is 0 Å². The summed E-state index contributed by atoms with van der Waals surface area (Å²) in [5, 5.41) is 23.3. The van der Waals surface area contributed by atoms with Crippen molar-refractivity contribution >= 4 is 41.6 Å². The van der Waals surface area contributed by atoms with Crippen molar-refractivity contribution in [2.24, 2.45) is 33.5 Å². The molecule has 0 rings (SSSR count). The van der Waals surface area contributed by atoms with Crippen LogP contribution >= 0.6 is 0 Å². The zero-order valence-electron chi connectivity index (χ0n) is 43.0. The fourth-order valence-electron chi connectivity index (χ4n) is 3.26. The Morgan fingerprint density at radius 2 is 0.984 bits per heavy atom. The number of rotatable bonds is 22. The van der Waals surface area contributed by atoms with Gasteiger partial charge in [-0.1, -0.05) is 75.8 Å². The highest BCUT2D eigenvalue weighted by Gasteiger charge is 2.29. The number of carboxylic acid groups (broad SMARTS) is 1. The molecule has 0 fully saturated rings. The van der Waals surface area contributed by atoms with E-state index in [0.717, 1.165) is 25.7 Å². The van der Waals surface area contributed by atoms with E-state index < -0.39 is 28.9 Å². The standard InChI is InChI=1S/C13H22O5.C11H22N2O2.C9H18O3.C8H17NO.C6H12O2/c1-6-13(4,5)12(16)18-8-10(14)7-17-11(15)9(2)3;1-5-8(3)10(14)12-7-13-11(15)9(4)6-2;1-5-9(2,3)8(10)12-7-6-11-4;1-6-8(2,3)7(10)9(4)5;1-4-6(2,3)5(7)8/h10,14H,2,6-8H2,1,3-5H3;8-9H,5-7H2,1-4H3,(H,12,14)(H,13,15);5-7H2,1-4H3;6H2,1-5H3;4H2,1-3H3,(H,7,8). The predicted molar refractivity (Wildman–Crippen MR) is 248 cm³/mol. The summed E-state index contributed by atoms with van der Waals surface area (Å²) >= 11 is 0. The van der Waals surface area contributed by atoms with Crippen LogP contribution in [0.15, 0.2) is 12.2 Å². The molecular weight excluding hydrogens is 815 g/mol. The maximum Gasteiger partial charge on any atom is 0.333 e. The fraction of sp³-hybridized carbons (Fsp3) is 0.809. The molecule has 372 valence electrons. The Kier molecular flexibility index (Phi) is 38.1. The Hall–Kier alpha value is -4.05. The van der Waals surface area contributed by atoms with Crippen molar-refractivity contribution in [2.45, 2.75) is 162 Å². The number of nitrogens with one attached hydrogen (secondary N) is 2. The minimum Gasteiger partial charge on any atom is -0.481 e. The van der Waals surface area contributed by atoms with Gasteiger partial charge in [-0.25, -0.2) is 4.79 Å². The molecule has 4 N–H and O–H groups in total. The number of hydrogen-bond acceptors (Lipinski definition) is 12. The predicted octanol–water partition coefficient (Wildman–Crippen LogP) is 7.34. The molecule has 0 saturated carbocycles. The average molecular weight is 906 g/mol. The first-order valence-corrected chi connectivity index (χ1v) is 22.0. The van der Waals surface area contributed by atoms with Gasteiger partial charge in [-0.2, -0.15) is 0 Å². The van der Waals surface area contributed by atoms with Gasteiger partial charge in [0.25, 0.3) is 0 Å². The van der Waals surface area contributed by atoms with Gasteiger partial charge in [-0.3, -0.25) is 28.8 Å². The third-order valence-corrected chi connectivity index (χ3v) is 10.5. The van der Waals surface area contributed by atoms with Crippen LogP contribution in [0.25, 0.3) is 0 Å². The van der Waals surface area contributed by atoms with E-state index in [1.165, 1.54) is 6.92 Å². The van der Waals surface area contributed by atoms with Crippen LogP contribution in [-0.2, 0) is 52.5 Å². The number of carboxylic acids is 1. The SMILES string of the molecule is C=C(C)C(=O)OCC(O)COC(=O)C(C)(C)CC.CCC(C)(C)C(=O)N(C)C.CCC(C)(C)C(=O)O.CCC(C)(C)C(=O)OCCOC.CCC(C)C(=O)NCNC(=O)C(C)CC. The smallest absolute Gasteiger partial charge is 0.333 e. The van der Waals surface area contributed by atoms with Crippen LogP contribution in [0.4, 0.5) is 0 Å². The van der Waals surface area contributed by atoms with Gasteiger partial charge < -0.3 is 44.7 Å². The van der Waals surface area contributed by atoms with Gasteiger partial charge >= 0.3 is 23.9 Å². The minimum absolute atomic E-state index is 0.00509. The van der Waals surface area contributed by atoms with Crippen molar-refractivity contribution in [3.63, 3.8) is 0 Å². The van der Waals surface area contributed by atoms with Crippen molar-refractivity contribution in [3.05, 3.63) is 12.2 Å². The first-order valence-electron chi connectivity index (χ1n) is 22.0. The third-order valence-electron chi connectivity index (χ3n) is 10.5. The number of amides is 3. The van der Waals surface area contributed by atoms with Gasteiger partial charge in [0.2, 0.25) is 17.7 Å². The molecular formula is C47H91N3O13. The van der Waals surface area contributed by atoms with Gasteiger partial charge in [0, 0.05) is 44.0 Å². The van der Waals surface area contributed by atoms with Crippen molar-refractivity contribution in [1.29, 1.82) is 0 Å². The summed E-state index contributed by atoms with van der Waals surface area (Å²) in [6.45, 7) is 35.6. The number of aliphatic hydroxyl groups is 1. The first kappa shape index (κ1) is 68.0. The van der Waals surface area contributed by atoms with Crippen LogP contribution in [0.1, 0.15) is 156 Å². The third kappa shape index (κ3) is 34.1. The van der Waals surface area contributed by atoms with Crippen molar-refractivity contribution in [3.8, 4) is 0 Å². The number of esters is 3. The summed E-state index contributed by atoms with van der Waals surface area (Å²) in [6.07, 6.45) is 3.61. The van der Waals surface area contributed by atoms with E-state index in [9.17, 15) is 38.7 Å². The van der Waals surface area contributed by atoms with Gasteiger partial charge in [-0.05, 0) is 87.0 Å². The van der Waals surface area contributed by atoms with Gasteiger partial charge in [0.1, 0.15) is 25.9 Å². The summed E-state index contributed by atoms with van der Waals surface area (Å²) in [5.74, 6) is -1.64. The number of carbonyl (C=O) groups is 7. The van der Waals surface area contributed by atoms with Crippen LogP contribution in [0.2, 0.25) is 0 Å². The van der Waals surface area contributed by atoms with Crippen LogP contribution in [-0.4, -0.2) is 117 Å². The number of carbonyl (C=O) groups excluding carboxylic acids is 6. The van der Waals surface area contributed by atoms with E-state index in [1.54, 1.807) is 53.8 Å². The Morgan fingerprint density at radius 1 is 0.619 bits per heavy atom. The summed E-state index contributed by atoms with van der Waals surface area (Å²) in [6, 6.07) is 0. The first-order chi connectivity index (χ1) is 28.7. The van der Waals surface area contributed by atoms with E-state index in [0.29, 0.717) is 26.1 Å². The molecule has 0 radical (unpaired) electrons. The highest BCUT2D eigenvalue weighted by molar-refractivity contribution is 5.87. The van der Waals surface area contributed by atoms with Crippen LogP contribution in [0, 0.1) is 33.5 Å². The molecule has 0 aromatic rings. The number of ether oxygens (including phenoxy) is 4.